The van der Waals surface area contributed by atoms with Crippen molar-refractivity contribution in [1.29, 1.82) is 5.26 Å². The second-order valence-electron chi connectivity index (χ2n) is 7.62. The molecule has 0 aliphatic rings. The summed E-state index contributed by atoms with van der Waals surface area (Å²) >= 11 is 6.40. The molecule has 4 heteroatoms. The van der Waals surface area contributed by atoms with Crippen LogP contribution in [0.1, 0.15) is 22.3 Å². The van der Waals surface area contributed by atoms with Crippen LogP contribution in [0.25, 0.3) is 16.8 Å². The Balaban J connectivity index is 1.77. The number of nitrogens with zero attached hydrogens (tertiary/aromatic N) is 1. The molecule has 4 aromatic carbocycles. The van der Waals surface area contributed by atoms with E-state index in [9.17, 15) is 10.1 Å². The third-order valence-corrected chi connectivity index (χ3v) is 5.73. The smallest absolute Gasteiger partial charge is 0.266 e. The highest BCUT2D eigenvalue weighted by Crippen LogP contribution is 2.29. The van der Waals surface area contributed by atoms with Gasteiger partial charge in [0.15, 0.2) is 0 Å². The summed E-state index contributed by atoms with van der Waals surface area (Å²) in [6.07, 6.45) is 2.27. The highest BCUT2D eigenvalue weighted by Gasteiger charge is 2.14. The van der Waals surface area contributed by atoms with Crippen LogP contribution in [0.4, 0.5) is 5.69 Å². The average Bonchev–Trinajstić information content (AvgIpc) is 2.81. The molecule has 0 saturated carbocycles. The molecule has 4 aromatic rings. The number of amides is 1. The Labute approximate surface area is 192 Å². The van der Waals surface area contributed by atoms with Gasteiger partial charge in [-0.1, -0.05) is 83.9 Å². The lowest BCUT2D eigenvalue weighted by Crippen LogP contribution is -2.13. The van der Waals surface area contributed by atoms with Crippen LogP contribution < -0.4 is 5.32 Å². The molecule has 0 aliphatic heterocycles. The second-order valence-corrected chi connectivity index (χ2v) is 8.02. The maximum absolute atomic E-state index is 12.9. The standard InChI is InChI=1S/C28H21ClN2O/c1-19-10-14-24(15-11-19)31-28(32)23(18-30)17-26-21(16-22-7-3-5-9-27(22)29)13-12-20-6-2-4-8-25(20)26/h2-15,17H,16H2,1H3,(H,31,32)/b23-17+. The zero-order valence-electron chi connectivity index (χ0n) is 17.6. The van der Waals surface area contributed by atoms with Gasteiger partial charge in [-0.05, 0) is 65.1 Å². The monoisotopic (exact) mass is 436 g/mol. The SMILES string of the molecule is Cc1ccc(NC(=O)/C(C#N)=C/c2c(Cc3ccccc3Cl)ccc3ccccc23)cc1. The zero-order valence-corrected chi connectivity index (χ0v) is 18.4. The molecule has 0 spiro atoms. The van der Waals surface area contributed by atoms with E-state index in [2.05, 4.69) is 17.5 Å². The zero-order chi connectivity index (χ0) is 22.5. The third-order valence-electron chi connectivity index (χ3n) is 5.36. The first-order valence-electron chi connectivity index (χ1n) is 10.3. The van der Waals surface area contributed by atoms with Crippen molar-refractivity contribution in [2.24, 2.45) is 0 Å². The lowest BCUT2D eigenvalue weighted by Gasteiger charge is -2.12. The Kier molecular flexibility index (Phi) is 6.35. The summed E-state index contributed by atoms with van der Waals surface area (Å²) in [6, 6.07) is 29.3. The van der Waals surface area contributed by atoms with Crippen LogP contribution in [0.15, 0.2) is 90.5 Å². The topological polar surface area (TPSA) is 52.9 Å². The number of anilines is 1. The molecular weight excluding hydrogens is 416 g/mol. The molecule has 32 heavy (non-hydrogen) atoms. The molecule has 0 atom stereocenters. The minimum Gasteiger partial charge on any atom is -0.321 e. The van der Waals surface area contributed by atoms with E-state index in [4.69, 9.17) is 11.6 Å². The quantitative estimate of drug-likeness (QED) is 0.272. The summed E-state index contributed by atoms with van der Waals surface area (Å²) in [4.78, 5) is 12.9. The molecule has 3 nitrogen and oxygen atoms in total. The Morgan fingerprint density at radius 2 is 1.66 bits per heavy atom. The Hall–Kier alpha value is -3.87. The molecule has 0 heterocycles. The molecule has 0 saturated heterocycles. The first kappa shape index (κ1) is 21.4. The minimum absolute atomic E-state index is 0.0438. The molecule has 0 aromatic heterocycles. The number of nitrogens with one attached hydrogen (secondary N) is 1. The number of rotatable bonds is 5. The van der Waals surface area contributed by atoms with Crippen molar-refractivity contribution in [3.8, 4) is 6.07 Å². The van der Waals surface area contributed by atoms with Gasteiger partial charge < -0.3 is 5.32 Å². The summed E-state index contributed by atoms with van der Waals surface area (Å²) in [5, 5.41) is 15.3. The van der Waals surface area contributed by atoms with Crippen molar-refractivity contribution in [3.05, 3.63) is 118 Å². The third kappa shape index (κ3) is 4.72. The largest absolute Gasteiger partial charge is 0.321 e. The van der Waals surface area contributed by atoms with Gasteiger partial charge in [-0.15, -0.1) is 0 Å². The Morgan fingerprint density at radius 3 is 2.41 bits per heavy atom. The first-order valence-corrected chi connectivity index (χ1v) is 10.7. The van der Waals surface area contributed by atoms with E-state index < -0.39 is 5.91 Å². The number of benzene rings is 4. The molecule has 1 N–H and O–H groups in total. The van der Waals surface area contributed by atoms with Gasteiger partial charge in [-0.25, -0.2) is 0 Å². The van der Waals surface area contributed by atoms with Crippen LogP contribution in [0, 0.1) is 18.3 Å². The maximum atomic E-state index is 12.9. The predicted molar refractivity (Wildman–Crippen MR) is 132 cm³/mol. The van der Waals surface area contributed by atoms with E-state index >= 15 is 0 Å². The van der Waals surface area contributed by atoms with Crippen molar-refractivity contribution in [1.82, 2.24) is 0 Å². The van der Waals surface area contributed by atoms with Gasteiger partial charge in [-0.2, -0.15) is 5.26 Å². The molecule has 0 radical (unpaired) electrons. The molecule has 4 rings (SSSR count). The van der Waals surface area contributed by atoms with Crippen LogP contribution in [0.2, 0.25) is 5.02 Å². The van der Waals surface area contributed by atoms with Gasteiger partial charge in [0, 0.05) is 10.7 Å². The van der Waals surface area contributed by atoms with E-state index in [1.165, 1.54) is 0 Å². The molecule has 0 aliphatic carbocycles. The summed E-state index contributed by atoms with van der Waals surface area (Å²) in [7, 11) is 0. The fourth-order valence-corrected chi connectivity index (χ4v) is 3.84. The van der Waals surface area contributed by atoms with Gasteiger partial charge in [0.05, 0.1) is 0 Å². The fraction of sp³-hybridized carbons (Fsp3) is 0.0714. The number of carbonyl (C=O) groups is 1. The number of hydrogen-bond donors (Lipinski definition) is 1. The number of halogens is 1. The molecule has 0 bridgehead atoms. The summed E-state index contributed by atoms with van der Waals surface area (Å²) in [5.74, 6) is -0.437. The number of carbonyl (C=O) groups excluding carboxylic acids is 1. The van der Waals surface area contributed by atoms with E-state index in [0.29, 0.717) is 17.1 Å². The second kappa shape index (κ2) is 9.51. The number of aryl methyl sites for hydroxylation is 1. The van der Waals surface area contributed by atoms with Crippen molar-refractivity contribution in [2.75, 3.05) is 5.32 Å². The first-order chi connectivity index (χ1) is 15.5. The lowest BCUT2D eigenvalue weighted by atomic mass is 9.93. The van der Waals surface area contributed by atoms with Gasteiger partial charge in [0.25, 0.3) is 5.91 Å². The van der Waals surface area contributed by atoms with Crippen LogP contribution in [-0.4, -0.2) is 5.91 Å². The molecule has 0 fully saturated rings. The lowest BCUT2D eigenvalue weighted by molar-refractivity contribution is -0.112. The molecule has 1 amide bonds. The molecular formula is C28H21ClN2O. The van der Waals surface area contributed by atoms with Gasteiger partial charge >= 0.3 is 0 Å². The number of hydrogen-bond acceptors (Lipinski definition) is 2. The number of fused-ring (bicyclic) bond motifs is 1. The fourth-order valence-electron chi connectivity index (χ4n) is 3.64. The summed E-state index contributed by atoms with van der Waals surface area (Å²) in [6.45, 7) is 1.98. The van der Waals surface area contributed by atoms with Gasteiger partial charge in [0.1, 0.15) is 11.6 Å². The number of nitriles is 1. The van der Waals surface area contributed by atoms with E-state index in [-0.39, 0.29) is 5.57 Å². The normalized spacial score (nSPS) is 11.2. The van der Waals surface area contributed by atoms with E-state index in [1.807, 2.05) is 85.8 Å². The molecule has 0 unspecified atom stereocenters. The van der Waals surface area contributed by atoms with Crippen molar-refractivity contribution in [2.45, 2.75) is 13.3 Å². The van der Waals surface area contributed by atoms with Crippen LogP contribution in [0.5, 0.6) is 0 Å². The molecule has 156 valence electrons. The van der Waals surface area contributed by atoms with Crippen molar-refractivity contribution < 1.29 is 4.79 Å². The van der Waals surface area contributed by atoms with Crippen molar-refractivity contribution >= 4 is 40.0 Å². The highest BCUT2D eigenvalue weighted by atomic mass is 35.5. The Bertz CT molecular complexity index is 1360. The van der Waals surface area contributed by atoms with E-state index in [1.54, 1.807) is 6.08 Å². The van der Waals surface area contributed by atoms with Crippen LogP contribution in [0.3, 0.4) is 0 Å². The predicted octanol–water partition coefficient (Wildman–Crippen LogP) is 6.94. The van der Waals surface area contributed by atoms with Crippen LogP contribution in [-0.2, 0) is 11.2 Å². The van der Waals surface area contributed by atoms with Gasteiger partial charge in [0.2, 0.25) is 0 Å². The maximum Gasteiger partial charge on any atom is 0.266 e. The minimum atomic E-state index is -0.437. The highest BCUT2D eigenvalue weighted by molar-refractivity contribution is 6.31. The average molecular weight is 437 g/mol. The summed E-state index contributed by atoms with van der Waals surface area (Å²) < 4.78 is 0. The van der Waals surface area contributed by atoms with Crippen molar-refractivity contribution in [3.63, 3.8) is 0 Å². The Morgan fingerprint density at radius 1 is 0.938 bits per heavy atom. The van der Waals surface area contributed by atoms with E-state index in [0.717, 1.165) is 33.0 Å². The van der Waals surface area contributed by atoms with Gasteiger partial charge in [-0.3, -0.25) is 4.79 Å². The summed E-state index contributed by atoms with van der Waals surface area (Å²) in [5.41, 5.74) is 4.62. The van der Waals surface area contributed by atoms with Crippen LogP contribution >= 0.6 is 11.6 Å².